The van der Waals surface area contributed by atoms with Crippen LogP contribution in [-0.4, -0.2) is 174 Å². The van der Waals surface area contributed by atoms with Gasteiger partial charge in [-0.3, -0.25) is 0 Å². The van der Waals surface area contributed by atoms with Gasteiger partial charge < -0.3 is 105 Å². The molecule has 2 saturated carbocycles. The maximum atomic E-state index is 8.28. The first-order valence-corrected chi connectivity index (χ1v) is 33.9. The molecule has 586 valence electrons. The van der Waals surface area contributed by atoms with Crippen molar-refractivity contribution in [2.45, 2.75) is 116 Å². The van der Waals surface area contributed by atoms with Crippen molar-refractivity contribution in [2.24, 2.45) is 22.7 Å². The van der Waals surface area contributed by atoms with E-state index in [1.807, 2.05) is 20.8 Å². The largest absolute Gasteiger partial charge is 0.502 e. The predicted octanol–water partition coefficient (Wildman–Crippen LogP) is 16.7. The Morgan fingerprint density at radius 1 is 0.297 bits per heavy atom. The highest BCUT2D eigenvalue weighted by Crippen LogP contribution is 2.29. The molecule has 0 aliphatic heterocycles. The van der Waals surface area contributed by atoms with Crippen LogP contribution in [0.2, 0.25) is 0 Å². The Hall–Kier alpha value is -8.02. The molecule has 2 rings (SSSR count). The Morgan fingerprint density at radius 2 is 0.584 bits per heavy atom. The fourth-order valence-corrected chi connectivity index (χ4v) is 7.59. The molecule has 2 aliphatic rings. The third kappa shape index (κ3) is 92.0. The average Bonchev–Trinajstić information content (AvgIpc) is 0.892. The molecule has 0 aromatic heterocycles. The van der Waals surface area contributed by atoms with Crippen molar-refractivity contribution in [3.05, 3.63) is 218 Å². The Balaban J connectivity index is -0.000000200. The van der Waals surface area contributed by atoms with Crippen molar-refractivity contribution in [2.75, 3.05) is 152 Å². The second-order valence-electron chi connectivity index (χ2n) is 21.8. The Bertz CT molecular complexity index is 1760. The summed E-state index contributed by atoms with van der Waals surface area (Å²) in [4.78, 5) is 0. The van der Waals surface area contributed by atoms with Crippen LogP contribution in [0, 0.1) is 22.7 Å². The van der Waals surface area contributed by atoms with Gasteiger partial charge in [0.15, 0.2) is 0 Å². The summed E-state index contributed by atoms with van der Waals surface area (Å²) in [7, 11) is 0. The van der Waals surface area contributed by atoms with Crippen LogP contribution in [-0.2, 0) is 94.7 Å². The van der Waals surface area contributed by atoms with Crippen molar-refractivity contribution >= 4 is 0 Å². The molecule has 0 unspecified atom stereocenters. The minimum atomic E-state index is -0.468. The standard InChI is InChI=1S/C13H20O4.C12H20O3.C12H20O2.C10H18O4.C8H14O3.C8H14O.C6H12O2.C6H12O.C4H8O2/c1-5-14-9-13(10-15-6-2,11-16-7-3)12-17-8-4;1-5-12(9-13-6-2,10-14-7-3)11-15-8-4;1-3-13-9-11-5-7-12(8-6-11)10-14-4-2;1-3-11-5-7-13-9-10-14-8-6-12-4-2;1-3-9-5-7-11-8-6-10-4-2;1-2-9-8-6-4-3-5-7-8;1-2-8-6-4-3-5-7;1-5-7-6(2,3)4;1-2-6-4-3-5/h5-8H,1-4,9-12H2;6-8H,2-5,9-11H2,1H3;3-4,11-12H,1-2,5-10H2;3-4H,1-2,5-10H2;3-4H,1-2,5-8H2;2,8H,1,3-7H2;2,7H,1,3-6H2;5H,1H2,2-4H3;2,5H,1,3-4H2. The van der Waals surface area contributed by atoms with Gasteiger partial charge in [-0.2, -0.15) is 0 Å². The molecule has 0 bridgehead atoms. The fourth-order valence-electron chi connectivity index (χ4n) is 7.59. The minimum Gasteiger partial charge on any atom is -0.502 e. The molecule has 0 atom stereocenters. The third-order valence-corrected chi connectivity index (χ3v) is 12.8. The number of aliphatic hydroxyl groups excluding tert-OH is 2. The molecule has 22 heteroatoms. The van der Waals surface area contributed by atoms with E-state index in [9.17, 15) is 0 Å². The van der Waals surface area contributed by atoms with Crippen LogP contribution < -0.4 is 0 Å². The third-order valence-electron chi connectivity index (χ3n) is 12.8. The molecule has 0 saturated heterocycles. The number of rotatable bonds is 58. The molecule has 101 heavy (non-hydrogen) atoms. The van der Waals surface area contributed by atoms with Gasteiger partial charge in [-0.15, -0.1) is 0 Å². The van der Waals surface area contributed by atoms with Crippen LogP contribution in [0.5, 0.6) is 0 Å². The molecule has 0 heterocycles. The van der Waals surface area contributed by atoms with E-state index in [-0.39, 0.29) is 24.2 Å². The summed E-state index contributed by atoms with van der Waals surface area (Å²) >= 11 is 0. The van der Waals surface area contributed by atoms with E-state index in [1.54, 1.807) is 6.26 Å². The lowest BCUT2D eigenvalue weighted by Gasteiger charge is -2.30. The predicted molar refractivity (Wildman–Crippen MR) is 408 cm³/mol. The van der Waals surface area contributed by atoms with Crippen LogP contribution in [0.4, 0.5) is 0 Å². The first kappa shape index (κ1) is 106. The van der Waals surface area contributed by atoms with Crippen LogP contribution >= 0.6 is 0 Å². The molecular formula is C79H138O22. The number of unbranched alkanes of at least 4 members (excludes halogenated alkanes) is 1. The second-order valence-corrected chi connectivity index (χ2v) is 21.8. The van der Waals surface area contributed by atoms with Gasteiger partial charge in [0.25, 0.3) is 0 Å². The highest BCUT2D eigenvalue weighted by Gasteiger charge is 2.34. The lowest BCUT2D eigenvalue weighted by atomic mass is 9.83. The average molecular weight is 1440 g/mol. The Morgan fingerprint density at radius 3 is 0.822 bits per heavy atom. The summed E-state index contributed by atoms with van der Waals surface area (Å²) in [5, 5.41) is 16.3. The van der Waals surface area contributed by atoms with Gasteiger partial charge >= 0.3 is 0 Å². The summed E-state index contributed by atoms with van der Waals surface area (Å²) in [6.07, 6.45) is 38.7. The smallest absolute Gasteiger partial charge is 0.111 e. The second kappa shape index (κ2) is 92.0. The summed E-state index contributed by atoms with van der Waals surface area (Å²) in [5.41, 5.74) is -0.719. The number of hydrogen-bond donors (Lipinski definition) is 2. The molecule has 0 spiro atoms. The molecule has 22 nitrogen and oxygen atoms in total. The lowest BCUT2D eigenvalue weighted by molar-refractivity contribution is -0.0471. The first-order valence-electron chi connectivity index (χ1n) is 33.9. The van der Waals surface area contributed by atoms with Gasteiger partial charge in [-0.1, -0.05) is 125 Å². The van der Waals surface area contributed by atoms with Gasteiger partial charge in [0.2, 0.25) is 0 Å². The van der Waals surface area contributed by atoms with Crippen molar-refractivity contribution < 1.29 is 105 Å². The first-order chi connectivity index (χ1) is 49.0. The zero-order chi connectivity index (χ0) is 77.1. The molecule has 2 aliphatic carbocycles. The molecule has 0 aromatic carbocycles. The zero-order valence-corrected chi connectivity index (χ0v) is 62.9. The molecule has 2 N–H and O–H groups in total. The zero-order valence-electron chi connectivity index (χ0n) is 62.9. The van der Waals surface area contributed by atoms with Crippen molar-refractivity contribution in [1.82, 2.24) is 0 Å². The fraction of sp³-hybridized carbons (Fsp3) is 0.570. The van der Waals surface area contributed by atoms with E-state index in [0.29, 0.717) is 143 Å². The van der Waals surface area contributed by atoms with E-state index >= 15 is 0 Å². The van der Waals surface area contributed by atoms with E-state index in [4.69, 9.17) is 100 Å². The summed E-state index contributed by atoms with van der Waals surface area (Å²) in [6, 6.07) is 0. The quantitative estimate of drug-likeness (QED) is 0.0426. The molecule has 0 radical (unpaired) electrons. The molecule has 0 amide bonds. The van der Waals surface area contributed by atoms with Gasteiger partial charge in [0.05, 0.1) is 209 Å². The van der Waals surface area contributed by atoms with Crippen molar-refractivity contribution in [3.63, 3.8) is 0 Å². The normalized spacial score (nSPS) is 12.9. The number of hydrogen-bond acceptors (Lipinski definition) is 22. The van der Waals surface area contributed by atoms with E-state index in [0.717, 1.165) is 32.5 Å². The SMILES string of the molecule is C=COC(C)(C)C.C=COC1CCCCC1.C=COCC(CC)(COC=C)COC=C.C=COCC(COC=C)(COC=C)COC=C.C=COCC1CCC(COC=C)CC1.C=COCCCCO.C=COCCO.C=COCCOCCOC=C.C=COCCOCCOCCOC=C. The van der Waals surface area contributed by atoms with Crippen LogP contribution in [0.25, 0.3) is 0 Å². The molecular weight excluding hydrogens is 1300 g/mol. The van der Waals surface area contributed by atoms with Gasteiger partial charge in [0.1, 0.15) is 64.9 Å². The van der Waals surface area contributed by atoms with E-state index in [2.05, 4.69) is 124 Å². The summed E-state index contributed by atoms with van der Waals surface area (Å²) in [6.45, 7) is 78.3. The number of aliphatic hydroxyl groups is 2. The van der Waals surface area contributed by atoms with Crippen LogP contribution in [0.3, 0.4) is 0 Å². The monoisotopic (exact) mass is 1440 g/mol. The maximum Gasteiger partial charge on any atom is 0.111 e. The number of ether oxygens (including phenoxy) is 20. The highest BCUT2D eigenvalue weighted by molar-refractivity contribution is 4.83. The molecule has 2 fully saturated rings. The topological polar surface area (TPSA) is 225 Å². The van der Waals surface area contributed by atoms with Gasteiger partial charge in [-0.05, 0) is 103 Å². The minimum absolute atomic E-state index is 0.0615. The van der Waals surface area contributed by atoms with E-state index in [1.165, 1.54) is 158 Å². The summed E-state index contributed by atoms with van der Waals surface area (Å²) < 4.78 is 101. The van der Waals surface area contributed by atoms with Crippen LogP contribution in [0.1, 0.15) is 105 Å². The van der Waals surface area contributed by atoms with Crippen molar-refractivity contribution in [3.8, 4) is 0 Å². The van der Waals surface area contributed by atoms with E-state index < -0.39 is 5.41 Å². The highest BCUT2D eigenvalue weighted by atomic mass is 16.6. The lowest BCUT2D eigenvalue weighted by Crippen LogP contribution is -2.40. The molecule has 0 aromatic rings. The maximum absolute atomic E-state index is 8.28. The Kier molecular flexibility index (Phi) is 96.9. The van der Waals surface area contributed by atoms with Gasteiger partial charge in [0, 0.05) is 6.61 Å². The van der Waals surface area contributed by atoms with Crippen molar-refractivity contribution in [1.29, 1.82) is 0 Å². The van der Waals surface area contributed by atoms with Gasteiger partial charge in [-0.25, -0.2) is 0 Å². The van der Waals surface area contributed by atoms with Crippen LogP contribution in [0.15, 0.2) is 218 Å². The summed E-state index contributed by atoms with van der Waals surface area (Å²) in [5.74, 6) is 1.43. The Labute approximate surface area is 611 Å².